The van der Waals surface area contributed by atoms with Crippen LogP contribution in [0.1, 0.15) is 104 Å². The van der Waals surface area contributed by atoms with Crippen LogP contribution in [0.15, 0.2) is 29.4 Å². The molecule has 38 heavy (non-hydrogen) atoms. The van der Waals surface area contributed by atoms with Gasteiger partial charge in [0.2, 0.25) is 0 Å². The Hall–Kier alpha value is -3.07. The number of ether oxygens (including phenoxy) is 2. The van der Waals surface area contributed by atoms with Crippen LogP contribution >= 0.6 is 11.8 Å². The molecule has 1 aliphatic carbocycles. The van der Waals surface area contributed by atoms with Gasteiger partial charge >= 0.3 is 11.9 Å². The number of carbonyl (C=O) groups excluding carboxylic acids is 2. The molecule has 1 aromatic carbocycles. The molecule has 0 spiro atoms. The Morgan fingerprint density at radius 1 is 1.03 bits per heavy atom. The number of thioether (sulfide) groups is 1. The molecular weight excluding hydrogens is 500 g/mol. The number of esters is 2. The van der Waals surface area contributed by atoms with E-state index in [0.29, 0.717) is 28.6 Å². The van der Waals surface area contributed by atoms with Crippen LogP contribution in [0.4, 0.5) is 0 Å². The van der Waals surface area contributed by atoms with E-state index in [2.05, 4.69) is 64.8 Å². The third-order valence-electron chi connectivity index (χ3n) is 7.00. The zero-order chi connectivity index (χ0) is 27.4. The molecule has 9 heteroatoms. The van der Waals surface area contributed by atoms with Gasteiger partial charge in [-0.3, -0.25) is 4.57 Å². The third kappa shape index (κ3) is 5.82. The van der Waals surface area contributed by atoms with Crippen molar-refractivity contribution in [3.63, 3.8) is 0 Å². The van der Waals surface area contributed by atoms with Gasteiger partial charge in [-0.25, -0.2) is 9.59 Å². The van der Waals surface area contributed by atoms with Gasteiger partial charge in [0, 0.05) is 23.1 Å². The molecule has 1 aliphatic rings. The molecule has 8 nitrogen and oxygen atoms in total. The van der Waals surface area contributed by atoms with Crippen LogP contribution in [0.25, 0.3) is 11.4 Å². The molecule has 2 aromatic heterocycles. The fourth-order valence-electron chi connectivity index (χ4n) is 4.97. The highest BCUT2D eigenvalue weighted by Crippen LogP contribution is 2.38. The van der Waals surface area contributed by atoms with E-state index < -0.39 is 11.9 Å². The summed E-state index contributed by atoms with van der Waals surface area (Å²) in [6, 6.07) is 8.92. The number of hydrogen-bond donors (Lipinski definition) is 1. The first-order valence-corrected chi connectivity index (χ1v) is 14.4. The first-order valence-electron chi connectivity index (χ1n) is 13.4. The largest absolute Gasteiger partial charge is 0.462 e. The quantitative estimate of drug-likeness (QED) is 0.241. The summed E-state index contributed by atoms with van der Waals surface area (Å²) < 4.78 is 12.8. The Morgan fingerprint density at radius 2 is 1.66 bits per heavy atom. The van der Waals surface area contributed by atoms with Crippen molar-refractivity contribution in [1.82, 2.24) is 19.7 Å². The van der Waals surface area contributed by atoms with Crippen LogP contribution < -0.4 is 0 Å². The molecule has 204 valence electrons. The number of aromatic nitrogens is 4. The second kappa shape index (κ2) is 11.8. The van der Waals surface area contributed by atoms with Crippen molar-refractivity contribution in [1.29, 1.82) is 0 Å². The lowest BCUT2D eigenvalue weighted by Crippen LogP contribution is -2.11. The van der Waals surface area contributed by atoms with E-state index in [1.807, 2.05) is 0 Å². The maximum absolute atomic E-state index is 12.8. The Kier molecular flexibility index (Phi) is 8.65. The Labute approximate surface area is 228 Å². The van der Waals surface area contributed by atoms with E-state index in [0.717, 1.165) is 29.4 Å². The molecule has 1 fully saturated rings. The minimum Gasteiger partial charge on any atom is -0.462 e. The van der Waals surface area contributed by atoms with E-state index in [-0.39, 0.29) is 24.3 Å². The summed E-state index contributed by atoms with van der Waals surface area (Å²) in [6.07, 6.45) is 4.53. The number of hydrogen-bond acceptors (Lipinski definition) is 7. The van der Waals surface area contributed by atoms with Crippen molar-refractivity contribution in [2.24, 2.45) is 0 Å². The standard InChI is InChI=1S/C29H38N4O4S/c1-7-36-26(34)23-18(3)24(27(35)37-8-2)30-22(23)17-38-28-32-31-25(33(28)21-11-9-10-12-21)19-13-15-20(16-14-19)29(4,5)6/h13-16,21,30H,7-12,17H2,1-6H3. The van der Waals surface area contributed by atoms with Gasteiger partial charge in [0.25, 0.3) is 0 Å². The van der Waals surface area contributed by atoms with E-state index >= 15 is 0 Å². The highest BCUT2D eigenvalue weighted by molar-refractivity contribution is 7.98. The summed E-state index contributed by atoms with van der Waals surface area (Å²) in [6.45, 7) is 12.4. The lowest BCUT2D eigenvalue weighted by atomic mass is 9.86. The summed E-state index contributed by atoms with van der Waals surface area (Å²) in [5, 5.41) is 9.99. The van der Waals surface area contributed by atoms with E-state index in [1.54, 1.807) is 20.8 Å². The first kappa shape index (κ1) is 28.0. The molecule has 0 aliphatic heterocycles. The van der Waals surface area contributed by atoms with Crippen LogP contribution in [0, 0.1) is 6.92 Å². The lowest BCUT2D eigenvalue weighted by molar-refractivity contribution is 0.0518. The summed E-state index contributed by atoms with van der Waals surface area (Å²) in [4.78, 5) is 28.5. The highest BCUT2D eigenvalue weighted by atomic mass is 32.2. The van der Waals surface area contributed by atoms with Crippen molar-refractivity contribution in [3.8, 4) is 11.4 Å². The Bertz CT molecular complexity index is 1280. The van der Waals surface area contributed by atoms with Crippen molar-refractivity contribution in [2.45, 2.75) is 89.6 Å². The van der Waals surface area contributed by atoms with E-state index in [1.165, 1.54) is 30.2 Å². The number of nitrogens with one attached hydrogen (secondary N) is 1. The zero-order valence-electron chi connectivity index (χ0n) is 23.2. The summed E-state index contributed by atoms with van der Waals surface area (Å²) in [5.41, 5.74) is 4.20. The highest BCUT2D eigenvalue weighted by Gasteiger charge is 2.28. The topological polar surface area (TPSA) is 99.1 Å². The average Bonchev–Trinajstić information content (AvgIpc) is 3.61. The minimum absolute atomic E-state index is 0.0753. The molecule has 0 bridgehead atoms. The van der Waals surface area contributed by atoms with Gasteiger partial charge < -0.3 is 14.5 Å². The number of rotatable bonds is 9. The number of benzene rings is 1. The minimum atomic E-state index is -0.484. The molecule has 4 rings (SSSR count). The molecule has 1 saturated carbocycles. The maximum atomic E-state index is 12.8. The van der Waals surface area contributed by atoms with Gasteiger partial charge in [-0.05, 0) is 50.2 Å². The number of H-pyrrole nitrogens is 1. The van der Waals surface area contributed by atoms with Gasteiger partial charge in [-0.2, -0.15) is 0 Å². The fraction of sp³-hybridized carbons (Fsp3) is 0.517. The van der Waals surface area contributed by atoms with Crippen LogP contribution in [-0.2, 0) is 20.6 Å². The molecule has 0 amide bonds. The summed E-state index contributed by atoms with van der Waals surface area (Å²) in [5.74, 6) is 0.328. The number of carbonyl (C=O) groups is 2. The second-order valence-corrected chi connectivity index (χ2v) is 11.6. The molecular formula is C29H38N4O4S. The van der Waals surface area contributed by atoms with Crippen molar-refractivity contribution >= 4 is 23.7 Å². The monoisotopic (exact) mass is 538 g/mol. The number of nitrogens with zero attached hydrogens (tertiary/aromatic N) is 3. The smallest absolute Gasteiger partial charge is 0.355 e. The van der Waals surface area contributed by atoms with Crippen LogP contribution in [-0.4, -0.2) is 44.9 Å². The summed E-state index contributed by atoms with van der Waals surface area (Å²) in [7, 11) is 0. The Morgan fingerprint density at radius 3 is 2.26 bits per heavy atom. The van der Waals surface area contributed by atoms with Crippen LogP contribution in [0.3, 0.4) is 0 Å². The normalized spacial score (nSPS) is 14.2. The fourth-order valence-corrected chi connectivity index (χ4v) is 5.94. The summed E-state index contributed by atoms with van der Waals surface area (Å²) >= 11 is 1.50. The second-order valence-electron chi connectivity index (χ2n) is 10.6. The van der Waals surface area contributed by atoms with Crippen molar-refractivity contribution in [2.75, 3.05) is 13.2 Å². The SMILES string of the molecule is CCOC(=O)c1[nH]c(CSc2nnc(-c3ccc(C(C)(C)C)cc3)n2C2CCCC2)c(C(=O)OCC)c1C. The van der Waals surface area contributed by atoms with Crippen molar-refractivity contribution in [3.05, 3.63) is 52.3 Å². The van der Waals surface area contributed by atoms with Crippen LogP contribution in [0.2, 0.25) is 0 Å². The number of aromatic amines is 1. The first-order chi connectivity index (χ1) is 18.2. The van der Waals surface area contributed by atoms with Crippen LogP contribution in [0.5, 0.6) is 0 Å². The molecule has 3 aromatic rings. The average molecular weight is 539 g/mol. The predicted molar refractivity (Wildman–Crippen MR) is 149 cm³/mol. The molecule has 0 radical (unpaired) electrons. The zero-order valence-corrected chi connectivity index (χ0v) is 24.0. The van der Waals surface area contributed by atoms with Gasteiger partial charge in [0.05, 0.1) is 18.8 Å². The van der Waals surface area contributed by atoms with E-state index in [4.69, 9.17) is 9.47 Å². The van der Waals surface area contributed by atoms with Gasteiger partial charge in [-0.15, -0.1) is 10.2 Å². The maximum Gasteiger partial charge on any atom is 0.355 e. The molecule has 0 saturated heterocycles. The molecule has 2 heterocycles. The lowest BCUT2D eigenvalue weighted by Gasteiger charge is -2.20. The van der Waals surface area contributed by atoms with Gasteiger partial charge in [-0.1, -0.05) is 69.6 Å². The van der Waals surface area contributed by atoms with Crippen molar-refractivity contribution < 1.29 is 19.1 Å². The van der Waals surface area contributed by atoms with Gasteiger partial charge in [0.1, 0.15) is 5.69 Å². The molecule has 0 unspecified atom stereocenters. The third-order valence-corrected chi connectivity index (χ3v) is 7.97. The predicted octanol–water partition coefficient (Wildman–Crippen LogP) is 6.64. The molecule has 1 N–H and O–H groups in total. The van der Waals surface area contributed by atoms with E-state index in [9.17, 15) is 9.59 Å². The molecule has 0 atom stereocenters. The van der Waals surface area contributed by atoms with Gasteiger partial charge in [0.15, 0.2) is 11.0 Å². The Balaban J connectivity index is 1.67.